The maximum absolute atomic E-state index is 11.9. The number of hydrogen-bond acceptors (Lipinski definition) is 18. The van der Waals surface area contributed by atoms with Crippen LogP contribution in [0.1, 0.15) is 0 Å². The van der Waals surface area contributed by atoms with Gasteiger partial charge in [0, 0.05) is 32.3 Å². The zero-order chi connectivity index (χ0) is 36.0. The van der Waals surface area contributed by atoms with Crippen LogP contribution in [0.15, 0.2) is 72.8 Å². The molecular formula is C28H14N2Na4O16S4. The average Bonchev–Trinajstić information content (AvgIpc) is 3.00. The smallest absolute Gasteiger partial charge is 0.716 e. The first kappa shape index (κ1) is 47.2. The maximum Gasteiger partial charge on any atom is 1.00 e. The Hall–Kier alpha value is -1.20. The summed E-state index contributed by atoms with van der Waals surface area (Å²) in [7, 11) is -21.9. The molecule has 260 valence electrons. The largest absolute Gasteiger partial charge is 1.00 e. The Bertz CT molecular complexity index is 2750. The van der Waals surface area contributed by atoms with Gasteiger partial charge in [0.05, 0.1) is 33.5 Å². The summed E-state index contributed by atoms with van der Waals surface area (Å²) < 4.78 is 162. The van der Waals surface area contributed by atoms with E-state index >= 15 is 0 Å². The van der Waals surface area contributed by atoms with Crippen molar-refractivity contribution in [2.24, 2.45) is 0 Å². The van der Waals surface area contributed by atoms with Crippen molar-refractivity contribution in [2.75, 3.05) is 10.6 Å². The van der Waals surface area contributed by atoms with Gasteiger partial charge in [0.25, 0.3) is 41.6 Å². The van der Waals surface area contributed by atoms with Crippen LogP contribution in [0.4, 0.5) is 22.7 Å². The Morgan fingerprint density at radius 1 is 0.370 bits per heavy atom. The summed E-state index contributed by atoms with van der Waals surface area (Å²) in [4.78, 5) is 0. The van der Waals surface area contributed by atoms with E-state index in [2.05, 4.69) is 10.6 Å². The molecule has 0 spiro atoms. The number of fused-ring (bicyclic) bond motifs is 8. The van der Waals surface area contributed by atoms with Crippen LogP contribution in [0.5, 0.6) is 23.0 Å². The van der Waals surface area contributed by atoms with Gasteiger partial charge in [-0.15, -0.1) is 0 Å². The molecule has 0 saturated heterocycles. The SMILES string of the molecule is O=S(=O)([O-])Oc1c2ccccc2c(OS(=O)(=O)[O-])c2c3c(ccc12)Nc1c(ccc2c(OS(=O)(=O)[O-])c4ccccc4c(OS(=O)(=O)[O-])c12)N3.[Na+].[Na+].[Na+].[Na+]. The van der Waals surface area contributed by atoms with Crippen molar-refractivity contribution in [2.45, 2.75) is 0 Å². The molecule has 6 aromatic rings. The third-order valence-electron chi connectivity index (χ3n) is 7.45. The second-order valence-corrected chi connectivity index (χ2v) is 14.4. The molecule has 1 heterocycles. The number of rotatable bonds is 8. The van der Waals surface area contributed by atoms with E-state index in [1.54, 1.807) is 0 Å². The Morgan fingerprint density at radius 3 is 0.907 bits per heavy atom. The monoisotopic (exact) mass is 854 g/mol. The molecule has 0 amide bonds. The van der Waals surface area contributed by atoms with Crippen molar-refractivity contribution in [3.05, 3.63) is 72.8 Å². The zero-order valence-electron chi connectivity index (χ0n) is 28.1. The van der Waals surface area contributed by atoms with Gasteiger partial charge >= 0.3 is 118 Å². The fourth-order valence-corrected chi connectivity index (χ4v) is 7.39. The summed E-state index contributed by atoms with van der Waals surface area (Å²) in [6.45, 7) is 0. The first-order valence-electron chi connectivity index (χ1n) is 13.5. The van der Waals surface area contributed by atoms with Gasteiger partial charge in [-0.3, -0.25) is 0 Å². The number of benzene rings is 6. The molecule has 0 unspecified atom stereocenters. The fourth-order valence-electron chi connectivity index (χ4n) is 5.87. The van der Waals surface area contributed by atoms with E-state index < -0.39 is 64.6 Å². The first-order valence-corrected chi connectivity index (χ1v) is 18.8. The van der Waals surface area contributed by atoms with Gasteiger partial charge in [0.1, 0.15) is 0 Å². The molecule has 26 heteroatoms. The number of hydrogen-bond donors (Lipinski definition) is 2. The molecule has 0 radical (unpaired) electrons. The number of anilines is 4. The second-order valence-electron chi connectivity index (χ2n) is 10.4. The van der Waals surface area contributed by atoms with Crippen LogP contribution in [-0.2, 0) is 41.6 Å². The van der Waals surface area contributed by atoms with Gasteiger partial charge in [-0.1, -0.05) is 48.5 Å². The summed E-state index contributed by atoms with van der Waals surface area (Å²) in [6.07, 6.45) is 0. The van der Waals surface area contributed by atoms with Gasteiger partial charge in [0.2, 0.25) is 0 Å². The molecule has 6 aromatic carbocycles. The third-order valence-corrected chi connectivity index (χ3v) is 8.93. The van der Waals surface area contributed by atoms with E-state index in [0.717, 1.165) is 0 Å². The van der Waals surface area contributed by atoms with E-state index in [9.17, 15) is 51.9 Å². The molecule has 2 N–H and O–H groups in total. The van der Waals surface area contributed by atoms with E-state index in [0.29, 0.717) is 0 Å². The van der Waals surface area contributed by atoms with Crippen LogP contribution in [-0.4, -0.2) is 51.9 Å². The molecule has 0 atom stereocenters. The summed E-state index contributed by atoms with van der Waals surface area (Å²) in [5.74, 6) is -2.28. The van der Waals surface area contributed by atoms with Crippen LogP contribution in [0.25, 0.3) is 43.1 Å². The predicted octanol–water partition coefficient (Wildman–Crippen LogP) is -8.53. The Kier molecular flexibility index (Phi) is 14.8. The van der Waals surface area contributed by atoms with E-state index in [4.69, 9.17) is 16.7 Å². The first-order chi connectivity index (χ1) is 23.3. The average molecular weight is 855 g/mol. The second kappa shape index (κ2) is 17.0. The summed E-state index contributed by atoms with van der Waals surface area (Å²) in [6, 6.07) is 15.6. The molecule has 1 aliphatic heterocycles. The van der Waals surface area contributed by atoms with Crippen LogP contribution >= 0.6 is 0 Å². The molecular weight excluding hydrogens is 841 g/mol. The maximum atomic E-state index is 11.9. The van der Waals surface area contributed by atoms with Gasteiger partial charge in [-0.05, 0) is 24.3 Å². The third kappa shape index (κ3) is 9.56. The minimum Gasteiger partial charge on any atom is -0.716 e. The van der Waals surface area contributed by atoms with Crippen molar-refractivity contribution >= 4 is 107 Å². The molecule has 0 aliphatic carbocycles. The van der Waals surface area contributed by atoms with E-state index in [1.807, 2.05) is 0 Å². The van der Waals surface area contributed by atoms with Crippen LogP contribution in [0, 0.1) is 0 Å². The Morgan fingerprint density at radius 2 is 0.630 bits per heavy atom. The van der Waals surface area contributed by atoms with Crippen molar-refractivity contribution in [3.8, 4) is 23.0 Å². The van der Waals surface area contributed by atoms with Crippen molar-refractivity contribution in [1.82, 2.24) is 0 Å². The Balaban J connectivity index is 0.00000196. The fraction of sp³-hybridized carbons (Fsp3) is 0. The van der Waals surface area contributed by atoms with Crippen molar-refractivity contribution < 1.29 is 187 Å². The van der Waals surface area contributed by atoms with Crippen LogP contribution in [0.2, 0.25) is 0 Å². The molecule has 54 heavy (non-hydrogen) atoms. The van der Waals surface area contributed by atoms with Gasteiger partial charge in [-0.25, -0.2) is 33.7 Å². The molecule has 0 aromatic heterocycles. The van der Waals surface area contributed by atoms with Crippen molar-refractivity contribution in [1.29, 1.82) is 0 Å². The summed E-state index contributed by atoms with van der Waals surface area (Å²) >= 11 is 0. The molecule has 7 rings (SSSR count). The zero-order valence-corrected chi connectivity index (χ0v) is 39.4. The minimum atomic E-state index is -5.50. The molecule has 0 bridgehead atoms. The normalized spacial score (nSPS) is 12.4. The minimum absolute atomic E-state index is 0. The topological polar surface area (TPSA) is 290 Å². The molecule has 0 saturated carbocycles. The quantitative estimate of drug-likeness (QED) is 0.0621. The van der Waals surface area contributed by atoms with Crippen LogP contribution in [0.3, 0.4) is 0 Å². The van der Waals surface area contributed by atoms with Gasteiger partial charge in [-0.2, -0.15) is 0 Å². The molecule has 1 aliphatic rings. The summed E-state index contributed by atoms with van der Waals surface area (Å²) in [5.41, 5.74) is -0.185. The van der Waals surface area contributed by atoms with E-state index in [1.165, 1.54) is 72.8 Å². The summed E-state index contributed by atoms with van der Waals surface area (Å²) in [5, 5.41) is 4.29. The molecule has 18 nitrogen and oxygen atoms in total. The van der Waals surface area contributed by atoms with Gasteiger partial charge in [0.15, 0.2) is 23.0 Å². The van der Waals surface area contributed by atoms with Gasteiger partial charge < -0.3 is 45.6 Å². The molecule has 0 fully saturated rings. The standard InChI is InChI=1S/C28H18N2O16S4.4Na/c31-47(32,33)43-25-13-5-1-3-7-15(13)27(45-49(37,38)39)21-17(25)9-11-19-23(21)29-20-12-10-18-22(24(20)30-19)28(46-50(40,41)42)16-8-4-2-6-14(16)26(18)44-48(34,35)36;;;;/h1-12,29-30H,(H,31,32,33)(H,34,35,36)(H,37,38,39)(H,40,41,42);;;;/q;4*+1/p-4. The predicted molar refractivity (Wildman–Crippen MR) is 171 cm³/mol. The number of nitrogens with one attached hydrogen (secondary N) is 2. The van der Waals surface area contributed by atoms with E-state index in [-0.39, 0.29) is 184 Å². The van der Waals surface area contributed by atoms with Crippen LogP contribution < -0.4 is 146 Å². The Labute approximate surface area is 395 Å². The van der Waals surface area contributed by atoms with Crippen molar-refractivity contribution in [3.63, 3.8) is 0 Å².